The van der Waals surface area contributed by atoms with E-state index in [2.05, 4.69) is 9.82 Å². The first kappa shape index (κ1) is 14.4. The van der Waals surface area contributed by atoms with Crippen LogP contribution in [0.25, 0.3) is 0 Å². The number of nitrogens with one attached hydrogen (secondary N) is 1. The molecule has 0 radical (unpaired) electrons. The second kappa shape index (κ2) is 5.03. The summed E-state index contributed by atoms with van der Waals surface area (Å²) in [6.45, 7) is 1.73. The molecule has 0 atom stereocenters. The maximum atomic E-state index is 12.7. The van der Waals surface area contributed by atoms with Gasteiger partial charge in [-0.2, -0.15) is 5.10 Å². The first-order valence-electron chi connectivity index (χ1n) is 6.73. The quantitative estimate of drug-likeness (QED) is 0.943. The van der Waals surface area contributed by atoms with Crippen molar-refractivity contribution < 1.29 is 8.42 Å². The minimum Gasteiger partial charge on any atom is -0.263 e. The Morgan fingerprint density at radius 2 is 2.10 bits per heavy atom. The number of sulfonamides is 1. The zero-order chi connectivity index (χ0) is 15.2. The number of fused-ring (bicyclic) bond motifs is 1. The van der Waals surface area contributed by atoms with E-state index in [1.54, 1.807) is 36.9 Å². The van der Waals surface area contributed by atoms with Crippen LogP contribution in [-0.4, -0.2) is 18.2 Å². The average molecular weight is 326 g/mol. The van der Waals surface area contributed by atoms with Crippen molar-refractivity contribution in [1.29, 1.82) is 0 Å². The van der Waals surface area contributed by atoms with E-state index in [0.717, 1.165) is 30.5 Å². The molecule has 5 nitrogen and oxygen atoms in total. The Bertz CT molecular complexity index is 792. The van der Waals surface area contributed by atoms with E-state index in [1.165, 1.54) is 0 Å². The maximum Gasteiger partial charge on any atom is 0.264 e. The van der Waals surface area contributed by atoms with Crippen LogP contribution in [-0.2, 0) is 29.9 Å². The molecule has 0 amide bonds. The normalized spacial score (nSPS) is 14.2. The molecule has 112 valence electrons. The predicted octanol–water partition coefficient (Wildman–Crippen LogP) is 2.67. The Hall–Kier alpha value is -1.53. The lowest BCUT2D eigenvalue weighted by atomic mass is 10.2. The molecule has 1 aliphatic rings. The fourth-order valence-electron chi connectivity index (χ4n) is 2.78. The van der Waals surface area contributed by atoms with Crippen LogP contribution in [0.4, 0.5) is 5.82 Å². The summed E-state index contributed by atoms with van der Waals surface area (Å²) in [5.41, 5.74) is 2.59. The summed E-state index contributed by atoms with van der Waals surface area (Å²) in [7, 11) is -1.99. The predicted molar refractivity (Wildman–Crippen MR) is 82.2 cm³/mol. The number of benzene rings is 1. The van der Waals surface area contributed by atoms with Crippen LogP contribution in [0.15, 0.2) is 23.1 Å². The molecule has 21 heavy (non-hydrogen) atoms. The molecule has 1 aliphatic carbocycles. The van der Waals surface area contributed by atoms with Crippen molar-refractivity contribution in [3.8, 4) is 0 Å². The van der Waals surface area contributed by atoms with Gasteiger partial charge in [-0.25, -0.2) is 8.42 Å². The summed E-state index contributed by atoms with van der Waals surface area (Å²) in [6, 6.07) is 5.05. The largest absolute Gasteiger partial charge is 0.264 e. The lowest BCUT2D eigenvalue weighted by molar-refractivity contribution is 0.599. The van der Waals surface area contributed by atoms with Gasteiger partial charge in [0.25, 0.3) is 10.0 Å². The smallest absolute Gasteiger partial charge is 0.263 e. The van der Waals surface area contributed by atoms with Gasteiger partial charge in [0.2, 0.25) is 0 Å². The summed E-state index contributed by atoms with van der Waals surface area (Å²) >= 11 is 6.07. The lowest BCUT2D eigenvalue weighted by Gasteiger charge is -2.13. The first-order valence-corrected chi connectivity index (χ1v) is 8.59. The van der Waals surface area contributed by atoms with Crippen LogP contribution in [0.2, 0.25) is 5.02 Å². The van der Waals surface area contributed by atoms with Crippen LogP contribution < -0.4 is 4.72 Å². The van der Waals surface area contributed by atoms with Gasteiger partial charge in [-0.15, -0.1) is 0 Å². The van der Waals surface area contributed by atoms with Gasteiger partial charge in [0.15, 0.2) is 0 Å². The molecule has 0 fully saturated rings. The maximum absolute atomic E-state index is 12.7. The van der Waals surface area contributed by atoms with Gasteiger partial charge in [0, 0.05) is 12.6 Å². The van der Waals surface area contributed by atoms with Crippen LogP contribution >= 0.6 is 11.6 Å². The Morgan fingerprint density at radius 1 is 1.33 bits per heavy atom. The molecule has 7 heteroatoms. The molecule has 0 bridgehead atoms. The molecule has 2 aromatic rings. The standard InChI is InChI=1S/C14H16ClN3O2S/c1-9-5-3-7-11(15)13(9)21(19,20)17-14-10-6-4-8-12(10)16-18(14)2/h3,5,7,17H,4,6,8H2,1-2H3. The van der Waals surface area contributed by atoms with Crippen molar-refractivity contribution in [1.82, 2.24) is 9.78 Å². The highest BCUT2D eigenvalue weighted by Gasteiger charge is 2.26. The SMILES string of the molecule is Cc1cccc(Cl)c1S(=O)(=O)Nc1c2c(nn1C)CCC2. The molecule has 0 saturated carbocycles. The molecule has 0 unspecified atom stereocenters. The van der Waals surface area contributed by atoms with Crippen molar-refractivity contribution >= 4 is 27.4 Å². The Morgan fingerprint density at radius 3 is 2.81 bits per heavy atom. The molecular formula is C14H16ClN3O2S. The number of halogens is 1. The van der Waals surface area contributed by atoms with Gasteiger partial charge in [-0.1, -0.05) is 23.7 Å². The fourth-order valence-corrected chi connectivity index (χ4v) is 4.74. The van der Waals surface area contributed by atoms with E-state index in [9.17, 15) is 8.42 Å². The van der Waals surface area contributed by atoms with Crippen molar-refractivity contribution in [3.63, 3.8) is 0 Å². The number of aromatic nitrogens is 2. The lowest BCUT2D eigenvalue weighted by Crippen LogP contribution is -2.18. The van der Waals surface area contributed by atoms with Crippen molar-refractivity contribution in [2.45, 2.75) is 31.1 Å². The highest BCUT2D eigenvalue weighted by Crippen LogP contribution is 2.32. The second-order valence-electron chi connectivity index (χ2n) is 5.24. The number of nitrogens with zero attached hydrogens (tertiary/aromatic N) is 2. The second-order valence-corrected chi connectivity index (χ2v) is 7.27. The van der Waals surface area contributed by atoms with E-state index >= 15 is 0 Å². The zero-order valence-corrected chi connectivity index (χ0v) is 13.4. The average Bonchev–Trinajstić information content (AvgIpc) is 2.92. The van der Waals surface area contributed by atoms with Crippen LogP contribution in [0.3, 0.4) is 0 Å². The summed E-state index contributed by atoms with van der Waals surface area (Å²) in [5.74, 6) is 0.543. The monoisotopic (exact) mass is 325 g/mol. The Balaban J connectivity index is 2.05. The van der Waals surface area contributed by atoms with Crippen molar-refractivity contribution in [3.05, 3.63) is 40.0 Å². The van der Waals surface area contributed by atoms with Crippen LogP contribution in [0.5, 0.6) is 0 Å². The van der Waals surface area contributed by atoms with Gasteiger partial charge in [0.1, 0.15) is 10.7 Å². The van der Waals surface area contributed by atoms with E-state index in [4.69, 9.17) is 11.6 Å². The summed E-state index contributed by atoms with van der Waals surface area (Å²) < 4.78 is 29.6. The molecule has 1 N–H and O–H groups in total. The highest BCUT2D eigenvalue weighted by molar-refractivity contribution is 7.92. The van der Waals surface area contributed by atoms with Gasteiger partial charge in [0.05, 0.1) is 10.7 Å². The summed E-state index contributed by atoms with van der Waals surface area (Å²) in [6.07, 6.45) is 2.76. The fraction of sp³-hybridized carbons (Fsp3) is 0.357. The van der Waals surface area contributed by atoms with E-state index in [1.807, 2.05) is 0 Å². The summed E-state index contributed by atoms with van der Waals surface area (Å²) in [4.78, 5) is 0.125. The van der Waals surface area contributed by atoms with Gasteiger partial charge >= 0.3 is 0 Å². The van der Waals surface area contributed by atoms with Gasteiger partial charge < -0.3 is 0 Å². The molecular weight excluding hydrogens is 310 g/mol. The van der Waals surface area contributed by atoms with Crippen molar-refractivity contribution in [2.24, 2.45) is 7.05 Å². The molecule has 0 aliphatic heterocycles. The minimum absolute atomic E-state index is 0.125. The Labute approximate surface area is 129 Å². The minimum atomic E-state index is -3.73. The third-order valence-corrected chi connectivity index (χ3v) is 5.70. The van der Waals surface area contributed by atoms with E-state index < -0.39 is 10.0 Å². The van der Waals surface area contributed by atoms with Crippen LogP contribution in [0, 0.1) is 6.92 Å². The van der Waals surface area contributed by atoms with Crippen LogP contribution in [0.1, 0.15) is 23.2 Å². The van der Waals surface area contributed by atoms with Gasteiger partial charge in [-0.3, -0.25) is 9.40 Å². The Kier molecular flexibility index (Phi) is 3.45. The topological polar surface area (TPSA) is 64.0 Å². The van der Waals surface area contributed by atoms with E-state index in [-0.39, 0.29) is 9.92 Å². The van der Waals surface area contributed by atoms with Gasteiger partial charge in [-0.05, 0) is 37.8 Å². The third kappa shape index (κ3) is 2.42. The van der Waals surface area contributed by atoms with E-state index in [0.29, 0.717) is 11.4 Å². The highest BCUT2D eigenvalue weighted by atomic mass is 35.5. The molecule has 0 spiro atoms. The zero-order valence-electron chi connectivity index (χ0n) is 11.9. The third-order valence-electron chi connectivity index (χ3n) is 3.73. The molecule has 3 rings (SSSR count). The number of hydrogen-bond donors (Lipinski definition) is 1. The molecule has 0 saturated heterocycles. The number of rotatable bonds is 3. The first-order chi connectivity index (χ1) is 9.90. The van der Waals surface area contributed by atoms with Crippen molar-refractivity contribution in [2.75, 3.05) is 4.72 Å². The molecule has 1 aromatic carbocycles. The number of hydrogen-bond acceptors (Lipinski definition) is 3. The number of anilines is 1. The number of aryl methyl sites for hydroxylation is 3. The molecule has 1 aromatic heterocycles. The summed E-state index contributed by atoms with van der Waals surface area (Å²) in [5, 5.41) is 4.59. The molecule has 1 heterocycles.